The van der Waals surface area contributed by atoms with Crippen molar-refractivity contribution in [3.8, 4) is 0 Å². The number of thioether (sulfide) groups is 4. The van der Waals surface area contributed by atoms with Gasteiger partial charge in [0.15, 0.2) is 77.9 Å². The van der Waals surface area contributed by atoms with Gasteiger partial charge in [0.2, 0.25) is 6.29 Å². The zero-order valence-electron chi connectivity index (χ0n) is 79.8. The molecule has 20 bridgehead atoms. The van der Waals surface area contributed by atoms with Gasteiger partial charge in [0.25, 0.3) is 0 Å². The second kappa shape index (κ2) is 35.2. The van der Waals surface area contributed by atoms with Crippen molar-refractivity contribution in [2.75, 3.05) is 48.3 Å². The first-order chi connectivity index (χ1) is 67.8. The predicted molar refractivity (Wildman–Crippen MR) is 462 cm³/mol. The standard InChI is InChI=1S/C21H26F2O9.C21H26F2O7S2.C19H24F2O6S2.C17H20F2O7.C17H20F2O6/c1-19(22,23)18(25)32-20-5-9-3-10(6-20)21(11(4-9)7-20)30-15-13-12(29-17(15)31-21)14(16(24)28-13)27-8-26-2;1-19(22,23)18(25)30-20-5-9-3-10(6-20)21(11(4-9)7-20)31-15-13-12(29-17(15)32-21)14(16(24)28-13)27-8-26-2;1-17(20,21)16(23)27-18-5-9-3-10(6-18)19(11(4-9)7-18)28-13-12(25-8-24-2)14(22)26-15(13)29-19;1-15(18,19)14(22)26-16-4-7-2-8(5-16)17(9(3-7)6-16)24-10-11(25-17)13(21)23-12(10)20;1-15(18,19)14(21)25-16-4-8-2-9(5-16)17(10(3-8)6-16)23-11-7-22-13(20)12(11)24-17/h2*9-15,17H,3-8H2,1-2H3;9-13,15H,3-8H2,1-2H3;7-12,20H,2-6H2,1H3;8-12H,2-7H2,1H3. The number of carbonyl (C=O) groups excluding carboxylic acids is 10. The lowest BCUT2D eigenvalue weighted by Crippen LogP contribution is -2.66. The highest BCUT2D eigenvalue weighted by atomic mass is 32.2. The number of hydrogen-bond acceptors (Lipinski definition) is 39. The van der Waals surface area contributed by atoms with Crippen LogP contribution in [0.1, 0.15) is 195 Å². The number of methoxy groups -OCH3 is 3. The van der Waals surface area contributed by atoms with E-state index in [4.69, 9.17) is 114 Å². The van der Waals surface area contributed by atoms with E-state index in [2.05, 4.69) is 0 Å². The zero-order chi connectivity index (χ0) is 102. The van der Waals surface area contributed by atoms with Crippen LogP contribution in [0.25, 0.3) is 0 Å². The summed E-state index contributed by atoms with van der Waals surface area (Å²) in [5.41, 5.74) is -4.65. The highest BCUT2D eigenvalue weighted by Gasteiger charge is 2.80. The molecule has 0 aromatic carbocycles. The number of alkyl halides is 10. The number of aliphatic hydroxyl groups excluding tert-OH is 1. The van der Waals surface area contributed by atoms with E-state index in [1.54, 1.807) is 35.3 Å². The number of cyclic esters (lactones) is 2. The van der Waals surface area contributed by atoms with E-state index in [1.807, 2.05) is 11.8 Å². The van der Waals surface area contributed by atoms with Crippen LogP contribution in [-0.4, -0.2) is 303 Å². The molecule has 5 spiro atoms. The number of ether oxygens (including phenoxy) is 24. The molecule has 35 nitrogen and oxygen atoms in total. The largest absolute Gasteiger partial charge is 0.461 e. The summed E-state index contributed by atoms with van der Waals surface area (Å²) in [6, 6.07) is 0. The van der Waals surface area contributed by atoms with Gasteiger partial charge < -0.3 is 119 Å². The van der Waals surface area contributed by atoms with Gasteiger partial charge in [-0.3, -0.25) is 0 Å². The Labute approximate surface area is 835 Å². The quantitative estimate of drug-likeness (QED) is 0.0543. The van der Waals surface area contributed by atoms with E-state index in [1.165, 1.54) is 21.3 Å². The van der Waals surface area contributed by atoms with Crippen molar-refractivity contribution in [2.24, 2.45) is 88.8 Å². The SMILES string of the molecule is CC(F)(F)C(=O)OC12CC3CC(C1)C1(OC4C(=O)OC(O)C4O1)C(C3)C2.CC(F)(F)C(=O)OC12CC3CC(C1)C1(OC4COC(=O)C4O1)C(C3)C2.COCOC1C(=O)OC2C1OC1SC3(SC12)C1CC2CC3CC(OC(=O)C(C)(F)F)(C2)C1.COCOC1C(=O)OC2C3OC4(OC3OC12)C1CC2CC4CC(OC(=O)C(C)(F)F)(C2)C1.COCOC1C(=O)OC2SC3(SC21)C1CC2CC3CC(OC(=O)C(C)(F)F)(C2)C1. The second-order valence-corrected chi connectivity index (χ2v) is 52.2. The summed E-state index contributed by atoms with van der Waals surface area (Å²) in [5.74, 6) is -28.2. The van der Waals surface area contributed by atoms with Crippen molar-refractivity contribution in [3.05, 3.63) is 0 Å². The van der Waals surface area contributed by atoms with Crippen LogP contribution in [0.2, 0.25) is 0 Å². The third-order valence-electron chi connectivity index (χ3n) is 36.0. The maximum atomic E-state index is 13.6. The normalized spacial score (nSPS) is 50.1. The first kappa shape index (κ1) is 102. The molecule has 0 amide bonds. The lowest BCUT2D eigenvalue weighted by Gasteiger charge is -2.63. The van der Waals surface area contributed by atoms with Crippen LogP contribution in [-0.2, 0) is 162 Å². The minimum Gasteiger partial charge on any atom is -0.461 e. The molecule has 12 heterocycles. The van der Waals surface area contributed by atoms with Crippen LogP contribution in [0.15, 0.2) is 0 Å². The van der Waals surface area contributed by atoms with Gasteiger partial charge in [0.05, 0.1) is 18.7 Å². The Morgan fingerprint density at radius 3 is 1.04 bits per heavy atom. The molecule has 144 heavy (non-hydrogen) atoms. The molecule has 0 aromatic heterocycles. The molecular formula is C95H116F10O35S4. The smallest absolute Gasteiger partial charge is 0.377 e. The highest BCUT2D eigenvalue weighted by Crippen LogP contribution is 2.78. The van der Waals surface area contributed by atoms with Gasteiger partial charge in [-0.25, -0.2) is 47.9 Å². The summed E-state index contributed by atoms with van der Waals surface area (Å²) in [5, 5.41) is 9.75. The second-order valence-electron chi connectivity index (χ2n) is 46.0. The van der Waals surface area contributed by atoms with Crippen molar-refractivity contribution in [1.82, 2.24) is 0 Å². The van der Waals surface area contributed by atoms with E-state index < -0.39 is 208 Å². The first-order valence-electron chi connectivity index (χ1n) is 49.9. The van der Waals surface area contributed by atoms with Crippen molar-refractivity contribution >= 4 is 107 Å². The summed E-state index contributed by atoms with van der Waals surface area (Å²) >= 11 is 7.08. The first-order valence-corrected chi connectivity index (χ1v) is 53.4. The number of carbonyl (C=O) groups is 10. The summed E-state index contributed by atoms with van der Waals surface area (Å²) in [6.07, 6.45) is 6.60. The number of fused-ring (bicyclic) bond motifs is 9. The van der Waals surface area contributed by atoms with Crippen molar-refractivity contribution < 1.29 is 211 Å². The lowest BCUT2D eigenvalue weighted by atomic mass is 9.51. The summed E-state index contributed by atoms with van der Waals surface area (Å²) in [7, 11) is 4.46. The van der Waals surface area contributed by atoms with Gasteiger partial charge in [-0.1, -0.05) is 11.8 Å². The topological polar surface area (TPSA) is 412 Å². The van der Waals surface area contributed by atoms with Crippen LogP contribution < -0.4 is 0 Å². The van der Waals surface area contributed by atoms with E-state index in [-0.39, 0.29) is 140 Å². The molecule has 28 atom stereocenters. The summed E-state index contributed by atoms with van der Waals surface area (Å²) < 4.78 is 268. The molecule has 49 heteroatoms. The monoisotopic (exact) mass is 2130 g/mol. The molecule has 0 radical (unpaired) electrons. The van der Waals surface area contributed by atoms with E-state index >= 15 is 0 Å². The molecule has 32 aliphatic rings. The maximum Gasteiger partial charge on any atom is 0.377 e. The van der Waals surface area contributed by atoms with Crippen LogP contribution in [0.4, 0.5) is 43.9 Å². The molecule has 0 aromatic rings. The number of aliphatic hydroxyl groups is 1. The lowest BCUT2D eigenvalue weighted by molar-refractivity contribution is -0.344. The third kappa shape index (κ3) is 16.8. The third-order valence-corrected chi connectivity index (χ3v) is 44.4. The Balaban J connectivity index is 0.0000001000. The molecule has 1 N–H and O–H groups in total. The fourth-order valence-electron chi connectivity index (χ4n) is 31.7. The Bertz CT molecular complexity index is 4920. The summed E-state index contributed by atoms with van der Waals surface area (Å²) in [4.78, 5) is 120. The predicted octanol–water partition coefficient (Wildman–Crippen LogP) is 10.6. The minimum absolute atomic E-state index is 0.00102. The van der Waals surface area contributed by atoms with Crippen molar-refractivity contribution in [1.29, 1.82) is 0 Å². The van der Waals surface area contributed by atoms with Crippen LogP contribution in [0.5, 0.6) is 0 Å². The molecule has 28 unspecified atom stereocenters. The zero-order valence-corrected chi connectivity index (χ0v) is 83.1. The van der Waals surface area contributed by atoms with Gasteiger partial charge >= 0.3 is 89.3 Å². The maximum absolute atomic E-state index is 13.6. The molecule has 32 rings (SSSR count). The summed E-state index contributed by atoms with van der Waals surface area (Å²) in [6.45, 7) is 2.99. The van der Waals surface area contributed by atoms with Crippen molar-refractivity contribution in [2.45, 2.75) is 385 Å². The molecule has 12 saturated heterocycles. The van der Waals surface area contributed by atoms with E-state index in [9.17, 15) is 97.0 Å². The van der Waals surface area contributed by atoms with E-state index in [0.717, 1.165) is 64.2 Å². The van der Waals surface area contributed by atoms with E-state index in [0.29, 0.717) is 149 Å². The average Bonchev–Trinajstić information content (AvgIpc) is 1.52. The Kier molecular flexibility index (Phi) is 24.9. The Hall–Kier alpha value is -5.20. The van der Waals surface area contributed by atoms with Gasteiger partial charge in [-0.2, -0.15) is 43.9 Å². The van der Waals surface area contributed by atoms with Gasteiger partial charge in [0, 0.05) is 91.5 Å². The Morgan fingerprint density at radius 2 is 0.660 bits per heavy atom. The average molecular weight is 2140 g/mol. The van der Waals surface area contributed by atoms with Gasteiger partial charge in [-0.15, -0.1) is 35.3 Å². The molecule has 12 aliphatic heterocycles. The van der Waals surface area contributed by atoms with Crippen LogP contribution in [0, 0.1) is 88.8 Å². The Morgan fingerprint density at radius 1 is 0.333 bits per heavy atom. The van der Waals surface area contributed by atoms with Gasteiger partial charge in [-0.05, 0) is 214 Å². The molecule has 800 valence electrons. The van der Waals surface area contributed by atoms with Gasteiger partial charge in [0.1, 0.15) is 84.8 Å². The molecule has 20 aliphatic carbocycles. The number of esters is 10. The van der Waals surface area contributed by atoms with Crippen LogP contribution in [0.3, 0.4) is 0 Å². The highest BCUT2D eigenvalue weighted by molar-refractivity contribution is 8.22. The minimum atomic E-state index is -3.54. The fourth-order valence-corrected chi connectivity index (χ4v) is 40.5. The van der Waals surface area contributed by atoms with Crippen LogP contribution >= 0.6 is 47.0 Å². The number of hydrogen-bond donors (Lipinski definition) is 1. The fraction of sp³-hybridized carbons (Fsp3) is 0.895. The number of rotatable bonds is 19. The molecular weight excluding hydrogens is 2020 g/mol. The molecule has 20 saturated carbocycles. The molecule has 32 fully saturated rings. The van der Waals surface area contributed by atoms with Crippen molar-refractivity contribution in [3.63, 3.8) is 0 Å². The number of halogens is 10.